The minimum absolute atomic E-state index is 0. The molecule has 2 aromatic carbocycles. The summed E-state index contributed by atoms with van der Waals surface area (Å²) >= 11 is 0. The minimum atomic E-state index is -2.86. The van der Waals surface area contributed by atoms with Gasteiger partial charge in [0.05, 0.1) is 6.54 Å². The number of benzene rings is 2. The van der Waals surface area contributed by atoms with Crippen LogP contribution in [-0.2, 0) is 0 Å². The third-order valence-corrected chi connectivity index (χ3v) is 4.71. The van der Waals surface area contributed by atoms with Gasteiger partial charge in [-0.2, -0.15) is 8.78 Å². The smallest absolute Gasteiger partial charge is 0.387 e. The second-order valence-electron chi connectivity index (χ2n) is 6.86. The minimum Gasteiger partial charge on any atom is -0.435 e. The molecule has 0 radical (unpaired) electrons. The van der Waals surface area contributed by atoms with Crippen LogP contribution in [0.25, 0.3) is 0 Å². The normalized spacial score (nSPS) is 13.9. The first-order valence-corrected chi connectivity index (χ1v) is 9.48. The van der Waals surface area contributed by atoms with E-state index in [1.807, 2.05) is 36.1 Å². The summed E-state index contributed by atoms with van der Waals surface area (Å²) in [6.07, 6.45) is 3.94. The summed E-state index contributed by atoms with van der Waals surface area (Å²) in [5.74, 6) is 0.937. The Morgan fingerprint density at radius 3 is 2.41 bits per heavy atom. The monoisotopic (exact) mass is 466 g/mol. The van der Waals surface area contributed by atoms with E-state index in [-0.39, 0.29) is 35.1 Å². The summed E-state index contributed by atoms with van der Waals surface area (Å²) in [7, 11) is 0. The molecule has 0 aliphatic carbocycles. The Morgan fingerprint density at radius 2 is 1.76 bits per heavy atom. The van der Waals surface area contributed by atoms with Crippen molar-refractivity contribution in [1.29, 1.82) is 0 Å². The number of rotatable bonds is 6. The van der Waals surface area contributed by atoms with Gasteiger partial charge in [0.25, 0.3) is 0 Å². The molecular weight excluding hydrogens is 442 g/mol. The van der Waals surface area contributed by atoms with Crippen LogP contribution in [0.5, 0.6) is 5.75 Å². The largest absolute Gasteiger partial charge is 0.435 e. The number of anilines is 1. The molecule has 0 amide bonds. The molecule has 4 nitrogen and oxygen atoms in total. The number of amidine groups is 1. The number of ketones is 1. The number of hydrogen-bond donors (Lipinski definition) is 0. The first-order chi connectivity index (χ1) is 13.5. The molecule has 3 rings (SSSR count). The molecule has 7 heteroatoms. The Bertz CT molecular complexity index is 824. The van der Waals surface area contributed by atoms with Crippen LogP contribution in [0.2, 0.25) is 0 Å². The van der Waals surface area contributed by atoms with E-state index >= 15 is 0 Å². The third-order valence-electron chi connectivity index (χ3n) is 4.71. The van der Waals surface area contributed by atoms with Crippen molar-refractivity contribution in [2.75, 3.05) is 18.0 Å². The van der Waals surface area contributed by atoms with E-state index in [0.717, 1.165) is 49.3 Å². The fourth-order valence-corrected chi connectivity index (χ4v) is 3.19. The zero-order chi connectivity index (χ0) is 19.9. The number of Topliss-reactive ketones (excluding diaryl/α,β-unsaturated/α-hetero) is 1. The molecule has 1 heterocycles. The number of aryl methyl sites for hydroxylation is 1. The Morgan fingerprint density at radius 1 is 1.07 bits per heavy atom. The molecule has 2 aromatic rings. The maximum absolute atomic E-state index is 12.9. The number of halogens is 3. The third kappa shape index (κ3) is 6.63. The highest BCUT2D eigenvalue weighted by molar-refractivity contribution is 8.93. The Balaban J connectivity index is 0.00000300. The molecule has 1 aliphatic rings. The molecule has 1 aliphatic heterocycles. The van der Waals surface area contributed by atoms with Gasteiger partial charge in [0.2, 0.25) is 0 Å². The number of nitrogens with zero attached hydrogens (tertiary/aromatic N) is 2. The zero-order valence-electron chi connectivity index (χ0n) is 16.3. The highest BCUT2D eigenvalue weighted by Crippen LogP contribution is 2.24. The standard InChI is InChI=1S/C22H24F2N2O2.BrH/c1-16-6-8-17(9-7-16)20(27)15-26(21-5-3-2-4-14-25-21)18-10-12-19(13-11-18)28-22(23)24;/h6-13,22H,2-5,14-15H2,1H3;1H. The average molecular weight is 467 g/mol. The van der Waals surface area contributed by atoms with Crippen molar-refractivity contribution in [3.05, 3.63) is 59.7 Å². The summed E-state index contributed by atoms with van der Waals surface area (Å²) in [5.41, 5.74) is 2.47. The molecule has 0 atom stereocenters. The summed E-state index contributed by atoms with van der Waals surface area (Å²) in [6.45, 7) is -0.00549. The number of hydrogen-bond acceptors (Lipinski definition) is 4. The Labute approximate surface area is 180 Å². The number of alkyl halides is 2. The number of aliphatic imine (C=N–C) groups is 1. The van der Waals surface area contributed by atoms with Crippen LogP contribution in [0.4, 0.5) is 14.5 Å². The quantitative estimate of drug-likeness (QED) is 0.502. The first-order valence-electron chi connectivity index (χ1n) is 9.48. The van der Waals surface area contributed by atoms with Crippen LogP contribution < -0.4 is 9.64 Å². The van der Waals surface area contributed by atoms with Crippen molar-refractivity contribution in [2.45, 2.75) is 39.2 Å². The van der Waals surface area contributed by atoms with Gasteiger partial charge in [0.15, 0.2) is 5.78 Å². The highest BCUT2D eigenvalue weighted by atomic mass is 79.9. The fraction of sp³-hybridized carbons (Fsp3) is 0.364. The summed E-state index contributed by atoms with van der Waals surface area (Å²) in [5, 5.41) is 0. The Kier molecular flexibility index (Phi) is 8.76. The van der Waals surface area contributed by atoms with Gasteiger partial charge in [-0.15, -0.1) is 17.0 Å². The topological polar surface area (TPSA) is 41.9 Å². The molecule has 0 N–H and O–H groups in total. The average Bonchev–Trinajstić information content (AvgIpc) is 2.96. The molecule has 0 saturated carbocycles. The number of carbonyl (C=O) groups excluding carboxylic acids is 1. The lowest BCUT2D eigenvalue weighted by Crippen LogP contribution is -2.36. The van der Waals surface area contributed by atoms with Crippen LogP contribution in [0.1, 0.15) is 41.6 Å². The van der Waals surface area contributed by atoms with Gasteiger partial charge in [-0.3, -0.25) is 9.79 Å². The van der Waals surface area contributed by atoms with E-state index in [1.165, 1.54) is 12.1 Å². The fourth-order valence-electron chi connectivity index (χ4n) is 3.19. The highest BCUT2D eigenvalue weighted by Gasteiger charge is 2.20. The van der Waals surface area contributed by atoms with Crippen molar-refractivity contribution in [2.24, 2.45) is 4.99 Å². The zero-order valence-corrected chi connectivity index (χ0v) is 18.0. The van der Waals surface area contributed by atoms with Crippen LogP contribution in [0.15, 0.2) is 53.5 Å². The molecule has 0 aromatic heterocycles. The SMILES string of the molecule is Br.Cc1ccc(C(=O)CN(C2=NCCCCC2)c2ccc(OC(F)F)cc2)cc1. The molecule has 29 heavy (non-hydrogen) atoms. The van der Waals surface area contributed by atoms with Gasteiger partial charge in [0.1, 0.15) is 11.6 Å². The van der Waals surface area contributed by atoms with Crippen LogP contribution >= 0.6 is 17.0 Å². The van der Waals surface area contributed by atoms with Crippen LogP contribution in [0, 0.1) is 6.92 Å². The van der Waals surface area contributed by atoms with E-state index in [1.54, 1.807) is 12.1 Å². The van der Waals surface area contributed by atoms with Crippen molar-refractivity contribution < 1.29 is 18.3 Å². The molecule has 0 saturated heterocycles. The molecule has 0 unspecified atom stereocenters. The molecule has 0 bridgehead atoms. The lowest BCUT2D eigenvalue weighted by Gasteiger charge is -2.26. The van der Waals surface area contributed by atoms with Crippen LogP contribution in [-0.4, -0.2) is 31.3 Å². The molecular formula is C22H25BrF2N2O2. The van der Waals surface area contributed by atoms with E-state index in [4.69, 9.17) is 0 Å². The maximum Gasteiger partial charge on any atom is 0.387 e. The van der Waals surface area contributed by atoms with Gasteiger partial charge in [-0.25, -0.2) is 0 Å². The van der Waals surface area contributed by atoms with E-state index in [0.29, 0.717) is 5.56 Å². The van der Waals surface area contributed by atoms with Gasteiger partial charge < -0.3 is 9.64 Å². The Hall–Kier alpha value is -2.28. The second kappa shape index (κ2) is 11.0. The first kappa shape index (κ1) is 23.0. The lowest BCUT2D eigenvalue weighted by atomic mass is 10.1. The number of ether oxygens (including phenoxy) is 1. The summed E-state index contributed by atoms with van der Waals surface area (Å²) < 4.78 is 29.2. The second-order valence-corrected chi connectivity index (χ2v) is 6.86. The summed E-state index contributed by atoms with van der Waals surface area (Å²) in [6, 6.07) is 13.8. The number of carbonyl (C=O) groups is 1. The predicted molar refractivity (Wildman–Crippen MR) is 117 cm³/mol. The van der Waals surface area contributed by atoms with E-state index < -0.39 is 6.61 Å². The van der Waals surface area contributed by atoms with E-state index in [9.17, 15) is 13.6 Å². The molecule has 0 fully saturated rings. The lowest BCUT2D eigenvalue weighted by molar-refractivity contribution is -0.0498. The predicted octanol–water partition coefficient (Wildman–Crippen LogP) is 5.84. The molecule has 0 spiro atoms. The van der Waals surface area contributed by atoms with Gasteiger partial charge >= 0.3 is 6.61 Å². The van der Waals surface area contributed by atoms with Crippen LogP contribution in [0.3, 0.4) is 0 Å². The van der Waals surface area contributed by atoms with Gasteiger partial charge in [0, 0.05) is 24.2 Å². The van der Waals surface area contributed by atoms with Crippen molar-refractivity contribution >= 4 is 34.3 Å². The van der Waals surface area contributed by atoms with Crippen molar-refractivity contribution in [3.63, 3.8) is 0 Å². The van der Waals surface area contributed by atoms with E-state index in [2.05, 4.69) is 9.73 Å². The summed E-state index contributed by atoms with van der Waals surface area (Å²) in [4.78, 5) is 19.4. The van der Waals surface area contributed by atoms with Gasteiger partial charge in [-0.05, 0) is 44.0 Å². The molecule has 156 valence electrons. The van der Waals surface area contributed by atoms with Crippen molar-refractivity contribution in [3.8, 4) is 5.75 Å². The van der Waals surface area contributed by atoms with Crippen molar-refractivity contribution in [1.82, 2.24) is 0 Å². The van der Waals surface area contributed by atoms with Gasteiger partial charge in [-0.1, -0.05) is 36.2 Å². The maximum atomic E-state index is 12.9.